The van der Waals surface area contributed by atoms with Crippen molar-refractivity contribution >= 4 is 11.6 Å². The van der Waals surface area contributed by atoms with Gasteiger partial charge in [-0.15, -0.1) is 11.6 Å². The van der Waals surface area contributed by atoms with Crippen molar-refractivity contribution in [3.05, 3.63) is 35.4 Å². The summed E-state index contributed by atoms with van der Waals surface area (Å²) in [6, 6.07) is 8.89. The van der Waals surface area contributed by atoms with E-state index in [1.165, 1.54) is 30.4 Å². The van der Waals surface area contributed by atoms with Crippen molar-refractivity contribution in [3.8, 4) is 0 Å². The first-order valence-corrected chi connectivity index (χ1v) is 6.78. The Kier molecular flexibility index (Phi) is 3.91. The number of rotatable bonds is 2. The normalized spacial score (nSPS) is 30.3. The van der Waals surface area contributed by atoms with Crippen LogP contribution in [0.4, 0.5) is 0 Å². The first-order valence-electron chi connectivity index (χ1n) is 6.35. The second-order valence-electron chi connectivity index (χ2n) is 5.38. The number of aryl methyl sites for hydroxylation is 1. The average Bonchev–Trinajstić information content (AvgIpc) is 2.27. The molecule has 0 nitrogen and oxygen atoms in total. The van der Waals surface area contributed by atoms with E-state index in [9.17, 15) is 0 Å². The Morgan fingerprint density at radius 1 is 1.19 bits per heavy atom. The van der Waals surface area contributed by atoms with Crippen LogP contribution in [0.2, 0.25) is 0 Å². The predicted octanol–water partition coefficient (Wildman–Crippen LogP) is 4.58. The zero-order valence-electron chi connectivity index (χ0n) is 10.2. The number of alkyl halides is 1. The highest BCUT2D eigenvalue weighted by molar-refractivity contribution is 6.20. The number of hydrogen-bond donors (Lipinski definition) is 0. The van der Waals surface area contributed by atoms with Crippen molar-refractivity contribution in [2.24, 2.45) is 11.8 Å². The van der Waals surface area contributed by atoms with Crippen LogP contribution in [0.15, 0.2) is 24.3 Å². The molecule has 0 radical (unpaired) electrons. The Morgan fingerprint density at radius 2 is 1.88 bits per heavy atom. The summed E-state index contributed by atoms with van der Waals surface area (Å²) in [5, 5.41) is 0.387. The minimum Gasteiger partial charge on any atom is -0.123 e. The summed E-state index contributed by atoms with van der Waals surface area (Å²) in [7, 11) is 0. The van der Waals surface area contributed by atoms with Crippen LogP contribution in [0.25, 0.3) is 0 Å². The molecule has 0 heterocycles. The van der Waals surface area contributed by atoms with Crippen molar-refractivity contribution in [2.75, 3.05) is 0 Å². The van der Waals surface area contributed by atoms with Crippen LogP contribution in [0.1, 0.15) is 37.3 Å². The summed E-state index contributed by atoms with van der Waals surface area (Å²) in [4.78, 5) is 0. The monoisotopic (exact) mass is 236 g/mol. The number of halogens is 1. The fourth-order valence-electron chi connectivity index (χ4n) is 2.70. The van der Waals surface area contributed by atoms with Gasteiger partial charge >= 0.3 is 0 Å². The van der Waals surface area contributed by atoms with E-state index < -0.39 is 0 Å². The Morgan fingerprint density at radius 3 is 2.56 bits per heavy atom. The summed E-state index contributed by atoms with van der Waals surface area (Å²) < 4.78 is 0. The van der Waals surface area contributed by atoms with Gasteiger partial charge in [-0.1, -0.05) is 36.8 Å². The molecular formula is C15H21Cl. The summed E-state index contributed by atoms with van der Waals surface area (Å²) >= 11 is 6.43. The zero-order chi connectivity index (χ0) is 11.5. The van der Waals surface area contributed by atoms with Gasteiger partial charge in [0.1, 0.15) is 0 Å². The van der Waals surface area contributed by atoms with Crippen molar-refractivity contribution in [1.82, 2.24) is 0 Å². The summed E-state index contributed by atoms with van der Waals surface area (Å²) in [5.74, 6) is 1.53. The molecule has 1 heteroatoms. The standard InChI is InChI=1S/C15H21Cl/c1-11-3-6-13(7-4-11)10-14-9-12(2)5-8-15(14)16/h3-4,6-7,12,14-15H,5,8-10H2,1-2H3. The largest absolute Gasteiger partial charge is 0.123 e. The van der Waals surface area contributed by atoms with Crippen molar-refractivity contribution in [3.63, 3.8) is 0 Å². The first kappa shape index (κ1) is 12.0. The van der Waals surface area contributed by atoms with Gasteiger partial charge in [0.05, 0.1) is 0 Å². The molecular weight excluding hydrogens is 216 g/mol. The maximum atomic E-state index is 6.43. The van der Waals surface area contributed by atoms with E-state index in [2.05, 4.69) is 38.1 Å². The lowest BCUT2D eigenvalue weighted by Crippen LogP contribution is -2.25. The molecule has 0 bridgehead atoms. The first-order chi connectivity index (χ1) is 7.65. The highest BCUT2D eigenvalue weighted by atomic mass is 35.5. The molecule has 0 saturated heterocycles. The van der Waals surface area contributed by atoms with E-state index in [1.54, 1.807) is 0 Å². The third kappa shape index (κ3) is 3.01. The van der Waals surface area contributed by atoms with Crippen LogP contribution in [0.5, 0.6) is 0 Å². The molecule has 2 rings (SSSR count). The van der Waals surface area contributed by atoms with Gasteiger partial charge in [-0.05, 0) is 50.0 Å². The lowest BCUT2D eigenvalue weighted by Gasteiger charge is -2.31. The van der Waals surface area contributed by atoms with Crippen LogP contribution in [-0.2, 0) is 6.42 Å². The van der Waals surface area contributed by atoms with Crippen molar-refractivity contribution in [2.45, 2.75) is 44.9 Å². The number of hydrogen-bond acceptors (Lipinski definition) is 0. The van der Waals surface area contributed by atoms with Gasteiger partial charge in [0, 0.05) is 5.38 Å². The van der Waals surface area contributed by atoms with Crippen LogP contribution < -0.4 is 0 Å². The van der Waals surface area contributed by atoms with Gasteiger partial charge in [0.25, 0.3) is 0 Å². The molecule has 0 N–H and O–H groups in total. The maximum Gasteiger partial charge on any atom is 0.0367 e. The Labute approximate surface area is 104 Å². The third-order valence-electron chi connectivity index (χ3n) is 3.77. The average molecular weight is 237 g/mol. The SMILES string of the molecule is Cc1ccc(CC2CC(C)CCC2Cl)cc1. The van der Waals surface area contributed by atoms with E-state index in [1.807, 2.05) is 0 Å². The van der Waals surface area contributed by atoms with Crippen LogP contribution in [0.3, 0.4) is 0 Å². The lowest BCUT2D eigenvalue weighted by atomic mass is 9.79. The minimum atomic E-state index is 0.387. The molecule has 0 aliphatic heterocycles. The van der Waals surface area contributed by atoms with E-state index in [-0.39, 0.29) is 0 Å². The fourth-order valence-corrected chi connectivity index (χ4v) is 3.02. The smallest absolute Gasteiger partial charge is 0.0367 e. The quantitative estimate of drug-likeness (QED) is 0.660. The molecule has 1 fully saturated rings. The molecule has 16 heavy (non-hydrogen) atoms. The molecule has 1 aromatic carbocycles. The maximum absolute atomic E-state index is 6.43. The molecule has 3 unspecified atom stereocenters. The molecule has 0 amide bonds. The van der Waals surface area contributed by atoms with Gasteiger partial charge < -0.3 is 0 Å². The molecule has 1 saturated carbocycles. The van der Waals surface area contributed by atoms with Gasteiger partial charge in [0.2, 0.25) is 0 Å². The van der Waals surface area contributed by atoms with Crippen LogP contribution >= 0.6 is 11.6 Å². The van der Waals surface area contributed by atoms with Gasteiger partial charge in [-0.3, -0.25) is 0 Å². The molecule has 1 aliphatic carbocycles. The fraction of sp³-hybridized carbons (Fsp3) is 0.600. The Balaban J connectivity index is 2.00. The topological polar surface area (TPSA) is 0 Å². The summed E-state index contributed by atoms with van der Waals surface area (Å²) in [6.45, 7) is 4.49. The predicted molar refractivity (Wildman–Crippen MR) is 71.0 cm³/mol. The third-order valence-corrected chi connectivity index (χ3v) is 4.34. The highest BCUT2D eigenvalue weighted by Crippen LogP contribution is 2.34. The minimum absolute atomic E-state index is 0.387. The van der Waals surface area contributed by atoms with Crippen LogP contribution in [0, 0.1) is 18.8 Å². The van der Waals surface area contributed by atoms with E-state index in [4.69, 9.17) is 11.6 Å². The van der Waals surface area contributed by atoms with Gasteiger partial charge in [0.15, 0.2) is 0 Å². The zero-order valence-corrected chi connectivity index (χ0v) is 11.0. The lowest BCUT2D eigenvalue weighted by molar-refractivity contribution is 0.287. The Hall–Kier alpha value is -0.490. The van der Waals surface area contributed by atoms with E-state index >= 15 is 0 Å². The highest BCUT2D eigenvalue weighted by Gasteiger charge is 2.26. The number of benzene rings is 1. The molecule has 1 aliphatic rings. The molecule has 88 valence electrons. The van der Waals surface area contributed by atoms with Gasteiger partial charge in [-0.2, -0.15) is 0 Å². The summed E-state index contributed by atoms with van der Waals surface area (Å²) in [6.07, 6.45) is 4.94. The molecule has 3 atom stereocenters. The van der Waals surface area contributed by atoms with Gasteiger partial charge in [-0.25, -0.2) is 0 Å². The van der Waals surface area contributed by atoms with Crippen molar-refractivity contribution < 1.29 is 0 Å². The molecule has 1 aromatic rings. The second-order valence-corrected chi connectivity index (χ2v) is 5.94. The molecule has 0 aromatic heterocycles. The summed E-state index contributed by atoms with van der Waals surface area (Å²) in [5.41, 5.74) is 2.78. The van der Waals surface area contributed by atoms with E-state index in [0.29, 0.717) is 11.3 Å². The Bertz CT molecular complexity index is 328. The van der Waals surface area contributed by atoms with E-state index in [0.717, 1.165) is 12.3 Å². The molecule has 0 spiro atoms. The van der Waals surface area contributed by atoms with Crippen LogP contribution in [-0.4, -0.2) is 5.38 Å². The second kappa shape index (κ2) is 5.23. The van der Waals surface area contributed by atoms with Crippen molar-refractivity contribution in [1.29, 1.82) is 0 Å².